The lowest BCUT2D eigenvalue weighted by Crippen LogP contribution is -2.45. The standard InChI is InChI=1S/C48H55ClN6O6S/c1-6-58-48(56)39(27-33-12-7-9-16-37(33)60-29-34-18-19-50-46(52-34)35-15-8-10-17-38(35)57-5)61-47-42-40(62-53-47)28-51-44(32-13-11-14-32)41(42)36-26-30(2)45(43(49)31(36)3)59-25-24-55-22-20-54(4)21-23-55/h7-10,12,15-19,28,30,32,39H,6,11,13-14,20-27,29H2,1-5H3/t30?,39-/m1/s1. The molecule has 0 amide bonds. The summed E-state index contributed by atoms with van der Waals surface area (Å²) in [6.07, 6.45) is 6.78. The lowest BCUT2D eigenvalue weighted by molar-refractivity contribution is -0.151. The molecule has 5 aromatic rings. The summed E-state index contributed by atoms with van der Waals surface area (Å²) < 4.78 is 36.5. The molecule has 1 saturated carbocycles. The second kappa shape index (κ2) is 20.0. The van der Waals surface area contributed by atoms with Gasteiger partial charge < -0.3 is 28.6 Å². The molecule has 14 heteroatoms. The Balaban J connectivity index is 1.07. The molecule has 8 rings (SSSR count). The normalized spacial score (nSPS) is 18.1. The predicted molar refractivity (Wildman–Crippen MR) is 243 cm³/mol. The molecule has 1 saturated heterocycles. The van der Waals surface area contributed by atoms with Crippen LogP contribution in [0.15, 0.2) is 83.4 Å². The van der Waals surface area contributed by atoms with E-state index >= 15 is 0 Å². The van der Waals surface area contributed by atoms with E-state index in [0.29, 0.717) is 46.5 Å². The van der Waals surface area contributed by atoms with Gasteiger partial charge in [0.1, 0.15) is 30.5 Å². The zero-order valence-corrected chi connectivity index (χ0v) is 37.8. The fraction of sp³-hybridized carbons (Fsp3) is 0.438. The van der Waals surface area contributed by atoms with Gasteiger partial charge in [0.25, 0.3) is 0 Å². The predicted octanol–water partition coefficient (Wildman–Crippen LogP) is 9.08. The van der Waals surface area contributed by atoms with Crippen LogP contribution < -0.4 is 14.2 Å². The molecule has 0 bridgehead atoms. The summed E-state index contributed by atoms with van der Waals surface area (Å²) in [7, 11) is 3.79. The molecule has 62 heavy (non-hydrogen) atoms. The molecule has 2 aromatic carbocycles. The van der Waals surface area contributed by atoms with E-state index in [0.717, 1.165) is 108 Å². The van der Waals surface area contributed by atoms with E-state index in [4.69, 9.17) is 49.6 Å². The van der Waals surface area contributed by atoms with Crippen LogP contribution in [0.4, 0.5) is 0 Å². The number of benzene rings is 2. The molecule has 2 aliphatic carbocycles. The number of rotatable bonds is 17. The van der Waals surface area contributed by atoms with E-state index in [2.05, 4.69) is 35.7 Å². The fourth-order valence-electron chi connectivity index (χ4n) is 8.38. The average Bonchev–Trinajstić information content (AvgIpc) is 3.68. The van der Waals surface area contributed by atoms with Crippen molar-refractivity contribution >= 4 is 44.8 Å². The molecule has 3 aliphatic rings. The quantitative estimate of drug-likeness (QED) is 0.0829. The second-order valence-electron chi connectivity index (χ2n) is 16.3. The van der Waals surface area contributed by atoms with Crippen LogP contribution in [0.2, 0.25) is 0 Å². The number of piperazine rings is 1. The maximum atomic E-state index is 13.8. The van der Waals surface area contributed by atoms with Gasteiger partial charge in [0, 0.05) is 68.9 Å². The van der Waals surface area contributed by atoms with E-state index in [9.17, 15) is 4.79 Å². The maximum absolute atomic E-state index is 13.8. The summed E-state index contributed by atoms with van der Waals surface area (Å²) >= 11 is 8.58. The number of nitrogens with zero attached hydrogens (tertiary/aromatic N) is 6. The third kappa shape index (κ3) is 9.61. The van der Waals surface area contributed by atoms with Crippen LogP contribution in [0.1, 0.15) is 74.9 Å². The number of halogens is 1. The molecule has 3 aromatic heterocycles. The van der Waals surface area contributed by atoms with E-state index in [1.54, 1.807) is 20.2 Å². The Morgan fingerprint density at radius 3 is 2.53 bits per heavy atom. The Morgan fingerprint density at radius 1 is 1.00 bits per heavy atom. The van der Waals surface area contributed by atoms with Crippen LogP contribution >= 0.6 is 23.1 Å². The van der Waals surface area contributed by atoms with Crippen LogP contribution in [0.5, 0.6) is 17.4 Å². The molecule has 4 heterocycles. The van der Waals surface area contributed by atoms with Crippen molar-refractivity contribution in [2.75, 3.05) is 60.1 Å². The minimum absolute atomic E-state index is 0.0491. The van der Waals surface area contributed by atoms with Gasteiger partial charge in [-0.1, -0.05) is 55.3 Å². The summed E-state index contributed by atoms with van der Waals surface area (Å²) in [5.74, 6) is 2.92. The van der Waals surface area contributed by atoms with Crippen LogP contribution in [-0.4, -0.2) is 101 Å². The number of methoxy groups -OCH3 is 1. The number of fused-ring (bicyclic) bond motifs is 1. The number of carbonyl (C=O) groups excluding carboxylic acids is 1. The molecule has 0 radical (unpaired) electrons. The Bertz CT molecular complexity index is 2440. The summed E-state index contributed by atoms with van der Waals surface area (Å²) in [6, 6.07) is 17.1. The van der Waals surface area contributed by atoms with Crippen LogP contribution in [0.25, 0.3) is 27.0 Å². The number of para-hydroxylation sites is 2. The largest absolute Gasteiger partial charge is 0.496 e. The monoisotopic (exact) mass is 878 g/mol. The number of esters is 1. The van der Waals surface area contributed by atoms with E-state index in [1.165, 1.54) is 11.5 Å². The number of aromatic nitrogens is 4. The molecule has 1 unspecified atom stereocenters. The molecule has 2 fully saturated rings. The molecular formula is C48H55ClN6O6S. The van der Waals surface area contributed by atoms with Crippen molar-refractivity contribution in [1.82, 2.24) is 29.1 Å². The van der Waals surface area contributed by atoms with Gasteiger partial charge in [-0.15, -0.1) is 0 Å². The van der Waals surface area contributed by atoms with Crippen LogP contribution in [-0.2, 0) is 27.3 Å². The van der Waals surface area contributed by atoms with Crippen LogP contribution in [0.3, 0.4) is 0 Å². The first-order chi connectivity index (χ1) is 30.2. The van der Waals surface area contributed by atoms with Gasteiger partial charge >= 0.3 is 5.97 Å². The molecule has 2 atom stereocenters. The summed E-state index contributed by atoms with van der Waals surface area (Å²) in [5.41, 5.74) is 6.38. The molecular weight excluding hydrogens is 824 g/mol. The molecule has 0 N–H and O–H groups in total. The van der Waals surface area contributed by atoms with Crippen molar-refractivity contribution in [2.24, 2.45) is 5.92 Å². The number of allylic oxidation sites excluding steroid dienone is 4. The van der Waals surface area contributed by atoms with Gasteiger partial charge in [0.2, 0.25) is 12.0 Å². The van der Waals surface area contributed by atoms with Gasteiger partial charge in [-0.2, -0.15) is 4.37 Å². The first-order valence-corrected chi connectivity index (χ1v) is 22.8. The first kappa shape index (κ1) is 43.6. The SMILES string of the molecule is CCOC(=O)[C@@H](Cc1ccccc1OCc1ccnc(-c2ccccc2OC)n1)Oc1nsc2cnc(C3CCC3)c(C3=C(C)C(Cl)=C(OCCN4CCN(C)CC4)C(C)C3)c12. The minimum atomic E-state index is -1.02. The number of carbonyl (C=O) groups is 1. The van der Waals surface area contributed by atoms with Gasteiger partial charge in [0.15, 0.2) is 5.82 Å². The maximum Gasteiger partial charge on any atom is 0.347 e. The van der Waals surface area contributed by atoms with Crippen molar-refractivity contribution in [3.63, 3.8) is 0 Å². The number of hydrogen-bond donors (Lipinski definition) is 0. The molecule has 326 valence electrons. The Kier molecular flexibility index (Phi) is 14.0. The Morgan fingerprint density at radius 2 is 1.77 bits per heavy atom. The van der Waals surface area contributed by atoms with Crippen LogP contribution in [0, 0.1) is 5.92 Å². The van der Waals surface area contributed by atoms with Gasteiger partial charge in [-0.05, 0) is 92.7 Å². The van der Waals surface area contributed by atoms with Crippen molar-refractivity contribution < 1.29 is 28.5 Å². The zero-order valence-electron chi connectivity index (χ0n) is 36.2. The van der Waals surface area contributed by atoms with Gasteiger partial charge in [0.05, 0.1) is 45.8 Å². The van der Waals surface area contributed by atoms with Crippen molar-refractivity contribution in [1.29, 1.82) is 0 Å². The topological polar surface area (TPSA) is 121 Å². The molecule has 1 aliphatic heterocycles. The third-order valence-electron chi connectivity index (χ3n) is 12.1. The van der Waals surface area contributed by atoms with Gasteiger partial charge in [-0.3, -0.25) is 9.88 Å². The number of ether oxygens (including phenoxy) is 5. The number of likely N-dealkylation sites (N-methyl/N-ethyl adjacent to an activating group) is 1. The lowest BCUT2D eigenvalue weighted by atomic mass is 9.76. The number of pyridine rings is 1. The highest BCUT2D eigenvalue weighted by Crippen LogP contribution is 2.49. The smallest absolute Gasteiger partial charge is 0.347 e. The summed E-state index contributed by atoms with van der Waals surface area (Å²) in [6.45, 7) is 12.1. The van der Waals surface area contributed by atoms with E-state index in [1.807, 2.05) is 60.8 Å². The van der Waals surface area contributed by atoms with Crippen molar-refractivity contribution in [3.8, 4) is 28.8 Å². The van der Waals surface area contributed by atoms with Crippen molar-refractivity contribution in [2.45, 2.75) is 71.5 Å². The third-order valence-corrected chi connectivity index (χ3v) is 13.4. The Labute approximate surface area is 373 Å². The zero-order chi connectivity index (χ0) is 43.2. The van der Waals surface area contributed by atoms with E-state index < -0.39 is 12.1 Å². The molecule has 0 spiro atoms. The molecule has 12 nitrogen and oxygen atoms in total. The summed E-state index contributed by atoms with van der Waals surface area (Å²) in [5, 5.41) is 1.50. The highest BCUT2D eigenvalue weighted by molar-refractivity contribution is 7.13. The minimum Gasteiger partial charge on any atom is -0.496 e. The number of hydrogen-bond acceptors (Lipinski definition) is 13. The second-order valence-corrected chi connectivity index (χ2v) is 17.5. The van der Waals surface area contributed by atoms with E-state index in [-0.39, 0.29) is 25.6 Å². The lowest BCUT2D eigenvalue weighted by Gasteiger charge is -2.33. The van der Waals surface area contributed by atoms with Gasteiger partial charge in [-0.25, -0.2) is 14.8 Å². The van der Waals surface area contributed by atoms with Crippen molar-refractivity contribution in [3.05, 3.63) is 106 Å². The summed E-state index contributed by atoms with van der Waals surface area (Å²) in [4.78, 5) is 33.0. The highest BCUT2D eigenvalue weighted by Gasteiger charge is 2.35. The first-order valence-electron chi connectivity index (χ1n) is 21.6. The highest BCUT2D eigenvalue weighted by atomic mass is 35.5. The fourth-order valence-corrected chi connectivity index (χ4v) is 9.43. The Hall–Kier alpha value is -5.08. The average molecular weight is 880 g/mol.